The van der Waals surface area contributed by atoms with Gasteiger partial charge >= 0.3 is 0 Å². The highest BCUT2D eigenvalue weighted by Gasteiger charge is 2.31. The van der Waals surface area contributed by atoms with Crippen molar-refractivity contribution in [2.75, 3.05) is 0 Å². The fourth-order valence-electron chi connectivity index (χ4n) is 1.55. The van der Waals surface area contributed by atoms with Gasteiger partial charge in [-0.15, -0.1) is 0 Å². The Hall–Kier alpha value is 0.350. The Kier molecular flexibility index (Phi) is 4.58. The minimum absolute atomic E-state index is 0.618. The number of rotatable bonds is 0. The second-order valence-electron chi connectivity index (χ2n) is 3.81. The highest BCUT2D eigenvalue weighted by atomic mass is 35.6. The molecule has 0 saturated heterocycles. The molecule has 0 bridgehead atoms. The summed E-state index contributed by atoms with van der Waals surface area (Å²) in [4.78, 5) is 0. The van der Waals surface area contributed by atoms with Crippen LogP contribution >= 0.6 is 34.8 Å². The lowest BCUT2D eigenvalue weighted by Gasteiger charge is -2.26. The molecule has 2 nitrogen and oxygen atoms in total. The number of hydrogen-bond acceptors (Lipinski definition) is 2. The van der Waals surface area contributed by atoms with Gasteiger partial charge in [0, 0.05) is 0 Å². The van der Waals surface area contributed by atoms with Crippen molar-refractivity contribution in [3.05, 3.63) is 0 Å². The normalized spacial score (nSPS) is 22.7. The maximum atomic E-state index is 9.97. The van der Waals surface area contributed by atoms with Crippen molar-refractivity contribution < 1.29 is 10.2 Å². The average molecular weight is 272 g/mol. The van der Waals surface area contributed by atoms with Crippen molar-refractivity contribution in [1.82, 2.24) is 0 Å². The van der Waals surface area contributed by atoms with Crippen LogP contribution in [0.1, 0.15) is 32.1 Å². The molecule has 5 heteroatoms. The molecular weight excluding hydrogens is 258 g/mol. The first-order valence-corrected chi connectivity index (χ1v) is 5.97. The quantitative estimate of drug-likeness (QED) is 0.525. The molecule has 15 heavy (non-hydrogen) atoms. The molecule has 1 aliphatic carbocycles. The molecule has 1 fully saturated rings. The Bertz CT molecular complexity index is 269. The van der Waals surface area contributed by atoms with Crippen LogP contribution in [0.3, 0.4) is 0 Å². The third kappa shape index (κ3) is 4.38. The van der Waals surface area contributed by atoms with Crippen molar-refractivity contribution in [2.24, 2.45) is 0 Å². The molecule has 1 saturated carbocycles. The Morgan fingerprint density at radius 2 is 1.67 bits per heavy atom. The van der Waals surface area contributed by atoms with Crippen LogP contribution in [-0.4, -0.2) is 25.7 Å². The van der Waals surface area contributed by atoms with E-state index in [1.54, 1.807) is 0 Å². The Labute approximate surface area is 105 Å². The van der Waals surface area contributed by atoms with Crippen LogP contribution in [0, 0.1) is 11.8 Å². The number of aliphatic hydroxyl groups is 2. The van der Waals surface area contributed by atoms with Gasteiger partial charge in [0.25, 0.3) is 0 Å². The van der Waals surface area contributed by atoms with Crippen LogP contribution in [0.15, 0.2) is 0 Å². The molecule has 0 unspecified atom stereocenters. The zero-order chi connectivity index (χ0) is 11.5. The molecule has 0 aromatic rings. The topological polar surface area (TPSA) is 40.5 Å². The molecule has 1 atom stereocenters. The third-order valence-electron chi connectivity index (χ3n) is 2.43. The van der Waals surface area contributed by atoms with Crippen molar-refractivity contribution in [1.29, 1.82) is 0 Å². The molecule has 86 valence electrons. The predicted molar refractivity (Wildman–Crippen MR) is 62.1 cm³/mol. The van der Waals surface area contributed by atoms with Crippen molar-refractivity contribution >= 4 is 34.8 Å². The summed E-state index contributed by atoms with van der Waals surface area (Å²) in [6, 6.07) is 0. The monoisotopic (exact) mass is 270 g/mol. The molecule has 1 rings (SSSR count). The molecule has 0 radical (unpaired) electrons. The molecule has 1 aliphatic rings. The largest absolute Gasteiger partial charge is 0.378 e. The molecule has 0 aliphatic heterocycles. The fraction of sp³-hybridized carbons (Fsp3) is 0.800. The number of alkyl halides is 3. The number of hydrogen-bond donors (Lipinski definition) is 2. The molecule has 0 aromatic carbocycles. The zero-order valence-corrected chi connectivity index (χ0v) is 10.4. The maximum Gasteiger partial charge on any atom is 0.227 e. The predicted octanol–water partition coefficient (Wildman–Crippen LogP) is 2.42. The standard InChI is InChI=1S/C10H13Cl3O2/c11-10(12,13)8(14)4-7-9(15)5-2-1-3-6-9/h8,14-15H,1-3,5-6H2/t8-/m0/s1. The maximum absolute atomic E-state index is 9.97. The fourth-order valence-corrected chi connectivity index (χ4v) is 1.71. The van der Waals surface area contributed by atoms with Gasteiger partial charge in [0.15, 0.2) is 6.10 Å². The molecule has 2 N–H and O–H groups in total. The summed E-state index contributed by atoms with van der Waals surface area (Å²) in [5, 5.41) is 19.3. The molecule has 0 amide bonds. The highest BCUT2D eigenvalue weighted by molar-refractivity contribution is 6.68. The average Bonchev–Trinajstić information content (AvgIpc) is 2.14. The van der Waals surface area contributed by atoms with E-state index in [0.29, 0.717) is 12.8 Å². The van der Waals surface area contributed by atoms with Gasteiger partial charge in [0.1, 0.15) is 5.60 Å². The van der Waals surface area contributed by atoms with E-state index in [-0.39, 0.29) is 0 Å². The van der Waals surface area contributed by atoms with E-state index < -0.39 is 15.5 Å². The summed E-state index contributed by atoms with van der Waals surface area (Å²) in [6.45, 7) is 0. The summed E-state index contributed by atoms with van der Waals surface area (Å²) in [7, 11) is 0. The van der Waals surface area contributed by atoms with Crippen molar-refractivity contribution in [2.45, 2.75) is 47.6 Å². The third-order valence-corrected chi connectivity index (χ3v) is 3.05. The SMILES string of the molecule is O[C@@H](C#CC1(O)CCCCC1)C(Cl)(Cl)Cl. The van der Waals surface area contributed by atoms with E-state index in [1.807, 2.05) is 0 Å². The smallest absolute Gasteiger partial charge is 0.227 e. The Morgan fingerprint density at radius 3 is 2.13 bits per heavy atom. The van der Waals surface area contributed by atoms with E-state index in [1.165, 1.54) is 0 Å². The second kappa shape index (κ2) is 5.12. The van der Waals surface area contributed by atoms with Crippen LogP contribution in [0.4, 0.5) is 0 Å². The van der Waals surface area contributed by atoms with Gasteiger partial charge < -0.3 is 10.2 Å². The van der Waals surface area contributed by atoms with E-state index >= 15 is 0 Å². The highest BCUT2D eigenvalue weighted by Crippen LogP contribution is 2.31. The van der Waals surface area contributed by atoms with E-state index in [0.717, 1.165) is 19.3 Å². The lowest BCUT2D eigenvalue weighted by molar-refractivity contribution is 0.0604. The van der Waals surface area contributed by atoms with Gasteiger partial charge in [-0.3, -0.25) is 0 Å². The Morgan fingerprint density at radius 1 is 1.13 bits per heavy atom. The minimum Gasteiger partial charge on any atom is -0.378 e. The van der Waals surface area contributed by atoms with Crippen LogP contribution < -0.4 is 0 Å². The van der Waals surface area contributed by atoms with Gasteiger partial charge in [-0.1, -0.05) is 53.1 Å². The molecule has 0 heterocycles. The summed E-state index contributed by atoms with van der Waals surface area (Å²) in [5.74, 6) is 5.00. The van der Waals surface area contributed by atoms with Gasteiger partial charge in [-0.2, -0.15) is 0 Å². The van der Waals surface area contributed by atoms with Crippen molar-refractivity contribution in [3.8, 4) is 11.8 Å². The summed E-state index contributed by atoms with van der Waals surface area (Å²) in [6.07, 6.45) is 2.86. The first kappa shape index (κ1) is 13.4. The molecule has 0 aromatic heterocycles. The van der Waals surface area contributed by atoms with Crippen LogP contribution in [-0.2, 0) is 0 Å². The van der Waals surface area contributed by atoms with Gasteiger partial charge in [0.2, 0.25) is 3.79 Å². The number of aliphatic hydroxyl groups excluding tert-OH is 1. The van der Waals surface area contributed by atoms with Crippen LogP contribution in [0.25, 0.3) is 0 Å². The lowest BCUT2D eigenvalue weighted by Crippen LogP contribution is -2.31. The molecular formula is C10H13Cl3O2. The van der Waals surface area contributed by atoms with Gasteiger partial charge in [-0.05, 0) is 25.7 Å². The van der Waals surface area contributed by atoms with Crippen LogP contribution in [0.5, 0.6) is 0 Å². The van der Waals surface area contributed by atoms with Crippen LogP contribution in [0.2, 0.25) is 0 Å². The van der Waals surface area contributed by atoms with E-state index in [2.05, 4.69) is 11.8 Å². The lowest BCUT2D eigenvalue weighted by atomic mass is 9.85. The first-order chi connectivity index (χ1) is 6.83. The van der Waals surface area contributed by atoms with E-state index in [4.69, 9.17) is 34.8 Å². The Balaban J connectivity index is 2.63. The molecule has 0 spiro atoms. The van der Waals surface area contributed by atoms with Crippen molar-refractivity contribution in [3.63, 3.8) is 0 Å². The minimum atomic E-state index is -1.82. The van der Waals surface area contributed by atoms with Gasteiger partial charge in [-0.25, -0.2) is 0 Å². The first-order valence-electron chi connectivity index (χ1n) is 4.83. The second-order valence-corrected chi connectivity index (χ2v) is 6.17. The zero-order valence-electron chi connectivity index (χ0n) is 8.14. The van der Waals surface area contributed by atoms with E-state index in [9.17, 15) is 10.2 Å². The number of halogens is 3. The summed E-state index contributed by atoms with van der Waals surface area (Å²) in [5.41, 5.74) is -1.02. The summed E-state index contributed by atoms with van der Waals surface area (Å²) >= 11 is 16.3. The van der Waals surface area contributed by atoms with Gasteiger partial charge in [0.05, 0.1) is 0 Å². The summed E-state index contributed by atoms with van der Waals surface area (Å²) < 4.78 is -1.82.